The van der Waals surface area contributed by atoms with Crippen LogP contribution < -0.4 is 10.9 Å². The minimum atomic E-state index is -1.000. The summed E-state index contributed by atoms with van der Waals surface area (Å²) in [6.07, 6.45) is 0.816. The predicted molar refractivity (Wildman–Crippen MR) is 87.9 cm³/mol. The van der Waals surface area contributed by atoms with Gasteiger partial charge >= 0.3 is 5.97 Å². The number of aromatic nitrogens is 1. The Kier molecular flexibility index (Phi) is 4.83. The van der Waals surface area contributed by atoms with E-state index >= 15 is 0 Å². The van der Waals surface area contributed by atoms with Crippen molar-refractivity contribution in [1.82, 2.24) is 9.88 Å². The Morgan fingerprint density at radius 2 is 1.96 bits per heavy atom. The lowest BCUT2D eigenvalue weighted by Crippen LogP contribution is -2.32. The first-order valence-electron chi connectivity index (χ1n) is 7.50. The van der Waals surface area contributed by atoms with Crippen LogP contribution >= 0.6 is 0 Å². The number of fused-ring (bicyclic) bond motifs is 1. The number of nitrogens with one attached hydrogen (secondary N) is 1. The summed E-state index contributed by atoms with van der Waals surface area (Å²) < 4.78 is 1.38. The molecule has 0 radical (unpaired) electrons. The number of benzene rings is 1. The molecule has 1 aromatic heterocycles. The fourth-order valence-electron chi connectivity index (χ4n) is 2.73. The van der Waals surface area contributed by atoms with Crippen molar-refractivity contribution in [2.24, 2.45) is 0 Å². The summed E-state index contributed by atoms with van der Waals surface area (Å²) in [5.41, 5.74) is 1.68. The maximum absolute atomic E-state index is 12.2. The molecule has 1 aromatic carbocycles. The van der Waals surface area contributed by atoms with Gasteiger partial charge in [0.25, 0.3) is 5.56 Å². The maximum Gasteiger partial charge on any atom is 0.336 e. The van der Waals surface area contributed by atoms with E-state index in [1.807, 2.05) is 6.92 Å². The SMILES string of the molecule is CCCNC(=O)Cn1c(=O)ccc2c(C)c(C(=O)O)c(C)cc21. The molecular weight excluding hydrogens is 296 g/mol. The number of pyridine rings is 1. The minimum Gasteiger partial charge on any atom is -0.478 e. The van der Waals surface area contributed by atoms with Gasteiger partial charge in [-0.15, -0.1) is 0 Å². The third-order valence-electron chi connectivity index (χ3n) is 3.84. The highest BCUT2D eigenvalue weighted by Crippen LogP contribution is 2.24. The topological polar surface area (TPSA) is 88.4 Å². The van der Waals surface area contributed by atoms with E-state index < -0.39 is 5.97 Å². The number of carbonyl (C=O) groups excluding carboxylic acids is 1. The van der Waals surface area contributed by atoms with Crippen LogP contribution in [0.4, 0.5) is 0 Å². The van der Waals surface area contributed by atoms with Crippen molar-refractivity contribution in [2.45, 2.75) is 33.7 Å². The number of amides is 1. The molecule has 6 nitrogen and oxygen atoms in total. The quantitative estimate of drug-likeness (QED) is 0.881. The van der Waals surface area contributed by atoms with E-state index in [2.05, 4.69) is 5.32 Å². The number of carbonyl (C=O) groups is 2. The van der Waals surface area contributed by atoms with Crippen molar-refractivity contribution in [3.63, 3.8) is 0 Å². The average molecular weight is 316 g/mol. The standard InChI is InChI=1S/C17H20N2O4/c1-4-7-18-14(20)9-19-13-8-10(2)16(17(22)23)11(3)12(13)5-6-15(19)21/h5-6,8H,4,7,9H2,1-3H3,(H,18,20)(H,22,23). The van der Waals surface area contributed by atoms with Gasteiger partial charge < -0.3 is 10.4 Å². The predicted octanol–water partition coefficient (Wildman–Crippen LogP) is 1.84. The zero-order chi connectivity index (χ0) is 17.1. The summed E-state index contributed by atoms with van der Waals surface area (Å²) in [4.78, 5) is 35.5. The zero-order valence-corrected chi connectivity index (χ0v) is 13.5. The largest absolute Gasteiger partial charge is 0.478 e. The normalized spacial score (nSPS) is 10.7. The third-order valence-corrected chi connectivity index (χ3v) is 3.84. The molecule has 0 saturated carbocycles. The smallest absolute Gasteiger partial charge is 0.336 e. The van der Waals surface area contributed by atoms with E-state index in [1.54, 1.807) is 26.0 Å². The van der Waals surface area contributed by atoms with Gasteiger partial charge in [-0.05, 0) is 43.5 Å². The molecule has 0 spiro atoms. The fourth-order valence-corrected chi connectivity index (χ4v) is 2.73. The first kappa shape index (κ1) is 16.7. The van der Waals surface area contributed by atoms with Crippen molar-refractivity contribution in [3.05, 3.63) is 45.2 Å². The number of carboxylic acid groups (broad SMARTS) is 1. The minimum absolute atomic E-state index is 0.0819. The molecule has 0 atom stereocenters. The molecule has 122 valence electrons. The van der Waals surface area contributed by atoms with Crippen LogP contribution in [0.3, 0.4) is 0 Å². The molecule has 1 heterocycles. The summed E-state index contributed by atoms with van der Waals surface area (Å²) in [5, 5.41) is 12.7. The van der Waals surface area contributed by atoms with Gasteiger partial charge in [-0.3, -0.25) is 14.2 Å². The highest BCUT2D eigenvalue weighted by Gasteiger charge is 2.16. The molecule has 0 unspecified atom stereocenters. The molecule has 2 aromatic rings. The molecule has 1 amide bonds. The van der Waals surface area contributed by atoms with Crippen LogP contribution in [-0.4, -0.2) is 28.1 Å². The molecule has 23 heavy (non-hydrogen) atoms. The molecule has 2 N–H and O–H groups in total. The molecule has 0 saturated heterocycles. The lowest BCUT2D eigenvalue weighted by Gasteiger charge is -2.14. The Morgan fingerprint density at radius 1 is 1.26 bits per heavy atom. The van der Waals surface area contributed by atoms with Gasteiger partial charge in [0.2, 0.25) is 5.91 Å². The number of hydrogen-bond acceptors (Lipinski definition) is 3. The maximum atomic E-state index is 12.2. The monoisotopic (exact) mass is 316 g/mol. The summed E-state index contributed by atoms with van der Waals surface area (Å²) >= 11 is 0. The average Bonchev–Trinajstić information content (AvgIpc) is 2.47. The Balaban J connectivity index is 2.62. The Labute approximate surface area is 133 Å². The van der Waals surface area contributed by atoms with Gasteiger partial charge in [0.05, 0.1) is 11.1 Å². The molecule has 0 bridgehead atoms. The van der Waals surface area contributed by atoms with E-state index in [0.717, 1.165) is 6.42 Å². The summed E-state index contributed by atoms with van der Waals surface area (Å²) in [7, 11) is 0. The third kappa shape index (κ3) is 3.26. The van der Waals surface area contributed by atoms with Crippen LogP contribution in [0.15, 0.2) is 23.0 Å². The second-order valence-electron chi connectivity index (χ2n) is 5.54. The van der Waals surface area contributed by atoms with Gasteiger partial charge in [0, 0.05) is 18.0 Å². The molecule has 0 aliphatic heterocycles. The second kappa shape index (κ2) is 6.64. The highest BCUT2D eigenvalue weighted by atomic mass is 16.4. The van der Waals surface area contributed by atoms with Crippen LogP contribution in [0.1, 0.15) is 34.8 Å². The van der Waals surface area contributed by atoms with Crippen molar-refractivity contribution in [1.29, 1.82) is 0 Å². The van der Waals surface area contributed by atoms with Crippen molar-refractivity contribution >= 4 is 22.8 Å². The van der Waals surface area contributed by atoms with Crippen LogP contribution in [-0.2, 0) is 11.3 Å². The first-order chi connectivity index (χ1) is 10.9. The Morgan fingerprint density at radius 3 is 2.57 bits per heavy atom. The van der Waals surface area contributed by atoms with E-state index in [1.165, 1.54) is 10.6 Å². The molecule has 0 fully saturated rings. The molecule has 0 aliphatic carbocycles. The van der Waals surface area contributed by atoms with Gasteiger partial charge in [-0.25, -0.2) is 4.79 Å². The molecule has 0 aliphatic rings. The van der Waals surface area contributed by atoms with Crippen molar-refractivity contribution in [2.75, 3.05) is 6.54 Å². The van der Waals surface area contributed by atoms with E-state index in [-0.39, 0.29) is 23.6 Å². The van der Waals surface area contributed by atoms with Crippen LogP contribution in [0.2, 0.25) is 0 Å². The van der Waals surface area contributed by atoms with Crippen LogP contribution in [0.5, 0.6) is 0 Å². The highest BCUT2D eigenvalue weighted by molar-refractivity contribution is 5.98. The molecule has 2 rings (SSSR count). The van der Waals surface area contributed by atoms with Gasteiger partial charge in [0.1, 0.15) is 6.54 Å². The summed E-state index contributed by atoms with van der Waals surface area (Å²) in [5.74, 6) is -1.24. The Hall–Kier alpha value is -2.63. The summed E-state index contributed by atoms with van der Waals surface area (Å²) in [6, 6.07) is 4.63. The number of nitrogens with zero attached hydrogens (tertiary/aromatic N) is 1. The van der Waals surface area contributed by atoms with E-state index in [0.29, 0.717) is 28.6 Å². The number of carboxylic acids is 1. The number of hydrogen-bond donors (Lipinski definition) is 2. The number of rotatable bonds is 5. The number of aromatic carboxylic acids is 1. The molecular formula is C17H20N2O4. The Bertz CT molecular complexity index is 837. The van der Waals surface area contributed by atoms with Gasteiger partial charge in [-0.2, -0.15) is 0 Å². The van der Waals surface area contributed by atoms with E-state index in [4.69, 9.17) is 0 Å². The number of aryl methyl sites for hydroxylation is 2. The van der Waals surface area contributed by atoms with Gasteiger partial charge in [0.15, 0.2) is 0 Å². The van der Waals surface area contributed by atoms with Gasteiger partial charge in [-0.1, -0.05) is 6.92 Å². The van der Waals surface area contributed by atoms with Crippen molar-refractivity contribution < 1.29 is 14.7 Å². The molecule has 6 heteroatoms. The summed E-state index contributed by atoms with van der Waals surface area (Å²) in [6.45, 7) is 5.82. The zero-order valence-electron chi connectivity index (χ0n) is 13.5. The lowest BCUT2D eigenvalue weighted by molar-refractivity contribution is -0.121. The second-order valence-corrected chi connectivity index (χ2v) is 5.54. The first-order valence-corrected chi connectivity index (χ1v) is 7.50. The van der Waals surface area contributed by atoms with Crippen molar-refractivity contribution in [3.8, 4) is 0 Å². The van der Waals surface area contributed by atoms with Crippen LogP contribution in [0, 0.1) is 13.8 Å². The van der Waals surface area contributed by atoms with E-state index in [9.17, 15) is 19.5 Å². The van der Waals surface area contributed by atoms with Crippen LogP contribution in [0.25, 0.3) is 10.9 Å². The fraction of sp³-hybridized carbons (Fsp3) is 0.353. The lowest BCUT2D eigenvalue weighted by atomic mass is 9.98.